The third-order valence-corrected chi connectivity index (χ3v) is 5.99. The molecule has 0 saturated carbocycles. The van der Waals surface area contributed by atoms with Gasteiger partial charge in [0.05, 0.1) is 17.9 Å². The lowest BCUT2D eigenvalue weighted by Gasteiger charge is -2.29. The van der Waals surface area contributed by atoms with Crippen LogP contribution < -0.4 is 14.4 Å². The minimum absolute atomic E-state index is 0.0727. The summed E-state index contributed by atoms with van der Waals surface area (Å²) in [5.74, 6) is 0.421. The first-order valence-corrected chi connectivity index (χ1v) is 8.95. The highest BCUT2D eigenvalue weighted by molar-refractivity contribution is 7.94. The van der Waals surface area contributed by atoms with Crippen LogP contribution in [0.25, 0.3) is 0 Å². The number of nitrogens with one attached hydrogen (secondary N) is 1. The number of nitrogens with zero attached hydrogens (tertiary/aromatic N) is 1. The van der Waals surface area contributed by atoms with Crippen LogP contribution in [0, 0.1) is 0 Å². The average Bonchev–Trinajstić information content (AvgIpc) is 3.01. The van der Waals surface area contributed by atoms with E-state index in [1.807, 2.05) is 0 Å². The Morgan fingerprint density at radius 2 is 2.18 bits per heavy atom. The summed E-state index contributed by atoms with van der Waals surface area (Å²) in [6.07, 6.45) is 0. The lowest BCUT2D eigenvalue weighted by molar-refractivity contribution is -0.116. The largest absolute Gasteiger partial charge is 0.489 e. The highest BCUT2D eigenvalue weighted by atomic mass is 32.2. The van der Waals surface area contributed by atoms with E-state index in [1.54, 1.807) is 40.6 Å². The van der Waals surface area contributed by atoms with Crippen LogP contribution in [-0.4, -0.2) is 27.5 Å². The van der Waals surface area contributed by atoms with Crippen LogP contribution >= 0.6 is 11.3 Å². The van der Waals surface area contributed by atoms with Gasteiger partial charge in [0.15, 0.2) is 0 Å². The molecule has 1 aromatic carbocycles. The standard InChI is InChI=1S/C14H14N2O4S2/c1-10(17)16-6-7-20-13-9-11(4-5-12(13)16)15-22(18,19)14-3-2-8-21-14/h2-5,8-9,15H,6-7H2,1H3. The molecule has 22 heavy (non-hydrogen) atoms. The molecule has 1 N–H and O–H groups in total. The van der Waals surface area contributed by atoms with Gasteiger partial charge in [-0.1, -0.05) is 6.07 Å². The Hall–Kier alpha value is -2.06. The Morgan fingerprint density at radius 1 is 1.36 bits per heavy atom. The number of carbonyl (C=O) groups excluding carboxylic acids is 1. The van der Waals surface area contributed by atoms with Crippen LogP contribution in [0.5, 0.6) is 5.75 Å². The predicted octanol–water partition coefficient (Wildman–Crippen LogP) is 2.29. The molecule has 2 aromatic rings. The highest BCUT2D eigenvalue weighted by Gasteiger charge is 2.22. The van der Waals surface area contributed by atoms with Gasteiger partial charge >= 0.3 is 0 Å². The SMILES string of the molecule is CC(=O)N1CCOc2cc(NS(=O)(=O)c3cccs3)ccc21. The fourth-order valence-corrected chi connectivity index (χ4v) is 4.27. The number of hydrogen-bond acceptors (Lipinski definition) is 5. The minimum Gasteiger partial charge on any atom is -0.489 e. The zero-order valence-corrected chi connectivity index (χ0v) is 13.4. The minimum atomic E-state index is -3.59. The smallest absolute Gasteiger partial charge is 0.271 e. The third-order valence-electron chi connectivity index (χ3n) is 3.22. The van der Waals surface area contributed by atoms with E-state index in [-0.39, 0.29) is 10.1 Å². The molecule has 2 heterocycles. The number of ether oxygens (including phenoxy) is 1. The summed E-state index contributed by atoms with van der Waals surface area (Å²) in [4.78, 5) is 13.2. The molecule has 0 fully saturated rings. The van der Waals surface area contributed by atoms with Crippen molar-refractivity contribution in [3.63, 3.8) is 0 Å². The Balaban J connectivity index is 1.90. The molecule has 0 radical (unpaired) electrons. The first kappa shape index (κ1) is 14.9. The number of sulfonamides is 1. The van der Waals surface area contributed by atoms with Crippen LogP contribution in [0.4, 0.5) is 11.4 Å². The quantitative estimate of drug-likeness (QED) is 0.932. The number of benzene rings is 1. The molecule has 0 atom stereocenters. The first-order chi connectivity index (χ1) is 10.5. The van der Waals surface area contributed by atoms with Gasteiger partial charge in [-0.25, -0.2) is 8.42 Å². The summed E-state index contributed by atoms with van der Waals surface area (Å²) in [6, 6.07) is 8.12. The van der Waals surface area contributed by atoms with Crippen LogP contribution in [0.2, 0.25) is 0 Å². The van der Waals surface area contributed by atoms with E-state index < -0.39 is 10.0 Å². The predicted molar refractivity (Wildman–Crippen MR) is 85.1 cm³/mol. The van der Waals surface area contributed by atoms with Gasteiger partial charge in [0.25, 0.3) is 10.0 Å². The topological polar surface area (TPSA) is 75.7 Å². The number of fused-ring (bicyclic) bond motifs is 1. The van der Waals surface area contributed by atoms with Gasteiger partial charge in [-0.2, -0.15) is 0 Å². The normalized spacial score (nSPS) is 14.1. The van der Waals surface area contributed by atoms with Crippen molar-refractivity contribution in [2.75, 3.05) is 22.8 Å². The van der Waals surface area contributed by atoms with Crippen molar-refractivity contribution < 1.29 is 17.9 Å². The molecular weight excluding hydrogens is 324 g/mol. The van der Waals surface area contributed by atoms with Crippen molar-refractivity contribution in [3.05, 3.63) is 35.7 Å². The van der Waals surface area contributed by atoms with Gasteiger partial charge in [0.2, 0.25) is 5.91 Å². The van der Waals surface area contributed by atoms with E-state index >= 15 is 0 Å². The van der Waals surface area contributed by atoms with Gasteiger partial charge < -0.3 is 9.64 Å². The van der Waals surface area contributed by atoms with E-state index in [0.717, 1.165) is 11.3 Å². The number of carbonyl (C=O) groups is 1. The lowest BCUT2D eigenvalue weighted by Crippen LogP contribution is -2.36. The van der Waals surface area contributed by atoms with E-state index in [2.05, 4.69) is 4.72 Å². The molecule has 0 saturated heterocycles. The molecule has 0 unspecified atom stereocenters. The monoisotopic (exact) mass is 338 g/mol. The van der Waals surface area contributed by atoms with E-state index in [1.165, 1.54) is 6.92 Å². The Bertz CT molecular complexity index is 800. The molecule has 0 bridgehead atoms. The van der Waals surface area contributed by atoms with E-state index in [0.29, 0.717) is 30.3 Å². The molecule has 0 aliphatic carbocycles. The third kappa shape index (κ3) is 2.79. The molecule has 1 aromatic heterocycles. The molecule has 116 valence electrons. The van der Waals surface area contributed by atoms with Crippen molar-refractivity contribution in [3.8, 4) is 5.75 Å². The van der Waals surface area contributed by atoms with Gasteiger partial charge in [-0.3, -0.25) is 9.52 Å². The fraction of sp³-hybridized carbons (Fsp3) is 0.214. The Morgan fingerprint density at radius 3 is 2.86 bits per heavy atom. The number of hydrogen-bond donors (Lipinski definition) is 1. The maximum atomic E-state index is 12.2. The number of thiophene rings is 1. The summed E-state index contributed by atoms with van der Waals surface area (Å²) in [7, 11) is -3.59. The summed E-state index contributed by atoms with van der Waals surface area (Å²) >= 11 is 1.15. The van der Waals surface area contributed by atoms with Gasteiger partial charge in [0, 0.05) is 13.0 Å². The van der Waals surface area contributed by atoms with Crippen molar-refractivity contribution in [2.24, 2.45) is 0 Å². The van der Waals surface area contributed by atoms with Crippen molar-refractivity contribution in [2.45, 2.75) is 11.1 Å². The summed E-state index contributed by atoms with van der Waals surface area (Å²) in [6.45, 7) is 2.36. The molecule has 3 rings (SSSR count). The van der Waals surface area contributed by atoms with Gasteiger partial charge in [-0.05, 0) is 23.6 Å². The van der Waals surface area contributed by atoms with Crippen LogP contribution in [0.15, 0.2) is 39.9 Å². The molecule has 1 aliphatic heterocycles. The Labute approximate surface area is 132 Å². The average molecular weight is 338 g/mol. The molecule has 0 spiro atoms. The second kappa shape index (κ2) is 5.62. The van der Waals surface area contributed by atoms with E-state index in [4.69, 9.17) is 4.74 Å². The van der Waals surface area contributed by atoms with Gasteiger partial charge in [0.1, 0.15) is 16.6 Å². The second-order valence-corrected chi connectivity index (χ2v) is 7.60. The van der Waals surface area contributed by atoms with E-state index in [9.17, 15) is 13.2 Å². The molecular formula is C14H14N2O4S2. The molecule has 8 heteroatoms. The highest BCUT2D eigenvalue weighted by Crippen LogP contribution is 2.35. The number of amides is 1. The summed E-state index contributed by atoms with van der Waals surface area (Å²) < 4.78 is 32.7. The maximum absolute atomic E-state index is 12.2. The molecule has 1 amide bonds. The molecule has 1 aliphatic rings. The summed E-state index contributed by atoms with van der Waals surface area (Å²) in [5, 5.41) is 1.70. The van der Waals surface area contributed by atoms with Crippen LogP contribution in [0.3, 0.4) is 0 Å². The first-order valence-electron chi connectivity index (χ1n) is 6.59. The second-order valence-electron chi connectivity index (χ2n) is 4.74. The van der Waals surface area contributed by atoms with Crippen LogP contribution in [0.1, 0.15) is 6.92 Å². The fourth-order valence-electron chi connectivity index (χ4n) is 2.23. The molecule has 6 nitrogen and oxygen atoms in total. The summed E-state index contributed by atoms with van der Waals surface area (Å²) in [5.41, 5.74) is 1.05. The maximum Gasteiger partial charge on any atom is 0.271 e. The van der Waals surface area contributed by atoms with Gasteiger partial charge in [-0.15, -0.1) is 11.3 Å². The zero-order valence-electron chi connectivity index (χ0n) is 11.8. The van der Waals surface area contributed by atoms with Crippen LogP contribution in [-0.2, 0) is 14.8 Å². The zero-order chi connectivity index (χ0) is 15.7. The van der Waals surface area contributed by atoms with Crippen molar-refractivity contribution >= 4 is 38.6 Å². The lowest BCUT2D eigenvalue weighted by atomic mass is 10.2. The number of anilines is 2. The number of rotatable bonds is 3. The Kier molecular flexibility index (Phi) is 3.79. The van der Waals surface area contributed by atoms with Crippen molar-refractivity contribution in [1.82, 2.24) is 0 Å². The van der Waals surface area contributed by atoms with Crippen molar-refractivity contribution in [1.29, 1.82) is 0 Å².